The van der Waals surface area contributed by atoms with Gasteiger partial charge in [0.1, 0.15) is 22.3 Å². The maximum atomic E-state index is 6.43. The van der Waals surface area contributed by atoms with Crippen molar-refractivity contribution in [1.29, 1.82) is 0 Å². The van der Waals surface area contributed by atoms with Crippen LogP contribution in [0.25, 0.3) is 99.5 Å². The van der Waals surface area contributed by atoms with Crippen LogP contribution < -0.4 is 4.90 Å². The van der Waals surface area contributed by atoms with Crippen molar-refractivity contribution < 1.29 is 8.83 Å². The zero-order chi connectivity index (χ0) is 50.2. The molecule has 15 rings (SSSR count). The quantitative estimate of drug-likeness (QED) is 0.144. The van der Waals surface area contributed by atoms with E-state index < -0.39 is 5.41 Å². The molecule has 0 aliphatic heterocycles. The maximum absolute atomic E-state index is 6.43. The van der Waals surface area contributed by atoms with Gasteiger partial charge >= 0.3 is 0 Å². The van der Waals surface area contributed by atoms with Crippen LogP contribution in [0.5, 0.6) is 0 Å². The molecule has 76 heavy (non-hydrogen) atoms. The van der Waals surface area contributed by atoms with Crippen molar-refractivity contribution in [2.45, 2.75) is 5.41 Å². The summed E-state index contributed by atoms with van der Waals surface area (Å²) in [6.07, 6.45) is 0. The summed E-state index contributed by atoms with van der Waals surface area (Å²) in [4.78, 5) is 2.45. The Morgan fingerprint density at radius 2 is 0.737 bits per heavy atom. The van der Waals surface area contributed by atoms with Crippen molar-refractivity contribution in [2.24, 2.45) is 0 Å². The van der Waals surface area contributed by atoms with Crippen LogP contribution in [0.2, 0.25) is 0 Å². The standard InChI is InChI=1S/C73H47NO2/c1-3-18-55(19-4-1)73(56-20-5-2-6-21-56)65-27-10-7-24-63(65)71-66(73)28-15-29-67(71)74(57-41-36-49(37-42-57)48-32-34-51(35-33-48)59-25-14-26-62-60-22-8-12-31-69(60)76-72(59)62)58-43-38-50(39-44-58)52-16-13-17-53(46-52)54-40-45-70-64(47-54)61-23-9-11-30-68(61)75-70/h1-47H. The van der Waals surface area contributed by atoms with Crippen LogP contribution in [-0.2, 0) is 5.41 Å². The third kappa shape index (κ3) is 6.90. The molecule has 1 aliphatic rings. The van der Waals surface area contributed by atoms with Crippen LogP contribution in [0.4, 0.5) is 17.1 Å². The lowest BCUT2D eigenvalue weighted by Gasteiger charge is -2.34. The summed E-state index contributed by atoms with van der Waals surface area (Å²) in [7, 11) is 0. The van der Waals surface area contributed by atoms with Gasteiger partial charge in [0.2, 0.25) is 0 Å². The van der Waals surface area contributed by atoms with Crippen molar-refractivity contribution in [1.82, 2.24) is 0 Å². The molecule has 1 aliphatic carbocycles. The highest BCUT2D eigenvalue weighted by molar-refractivity contribution is 6.10. The molecule has 356 valence electrons. The van der Waals surface area contributed by atoms with Crippen molar-refractivity contribution in [3.63, 3.8) is 0 Å². The minimum atomic E-state index is -0.536. The number of hydrogen-bond acceptors (Lipinski definition) is 3. The third-order valence-corrected chi connectivity index (χ3v) is 15.8. The first-order valence-corrected chi connectivity index (χ1v) is 26.1. The molecule has 12 aromatic carbocycles. The predicted molar refractivity (Wildman–Crippen MR) is 315 cm³/mol. The lowest BCUT2D eigenvalue weighted by atomic mass is 9.68. The minimum Gasteiger partial charge on any atom is -0.456 e. The van der Waals surface area contributed by atoms with E-state index in [9.17, 15) is 0 Å². The van der Waals surface area contributed by atoms with Crippen LogP contribution >= 0.6 is 0 Å². The number of nitrogens with zero attached hydrogens (tertiary/aromatic N) is 1. The van der Waals surface area contributed by atoms with Gasteiger partial charge in [-0.3, -0.25) is 0 Å². The Labute approximate surface area is 440 Å². The molecule has 0 N–H and O–H groups in total. The first-order valence-electron chi connectivity index (χ1n) is 26.1. The average molecular weight is 970 g/mol. The number of anilines is 3. The summed E-state index contributed by atoms with van der Waals surface area (Å²) in [5.74, 6) is 0. The highest BCUT2D eigenvalue weighted by atomic mass is 16.3. The second-order valence-electron chi connectivity index (χ2n) is 19.9. The van der Waals surface area contributed by atoms with Gasteiger partial charge in [-0.2, -0.15) is 0 Å². The van der Waals surface area contributed by atoms with Gasteiger partial charge in [-0.25, -0.2) is 0 Å². The van der Waals surface area contributed by atoms with Gasteiger partial charge in [0.25, 0.3) is 0 Å². The summed E-state index contributed by atoms with van der Waals surface area (Å²) < 4.78 is 12.6. The number of hydrogen-bond donors (Lipinski definition) is 0. The molecule has 14 aromatic rings. The van der Waals surface area contributed by atoms with E-state index in [1.54, 1.807) is 0 Å². The van der Waals surface area contributed by atoms with E-state index in [0.717, 1.165) is 105 Å². The summed E-state index contributed by atoms with van der Waals surface area (Å²) in [6.45, 7) is 0. The van der Waals surface area contributed by atoms with E-state index in [-0.39, 0.29) is 0 Å². The smallest absolute Gasteiger partial charge is 0.143 e. The summed E-state index contributed by atoms with van der Waals surface area (Å²) >= 11 is 0. The van der Waals surface area contributed by atoms with Crippen LogP contribution in [0.3, 0.4) is 0 Å². The van der Waals surface area contributed by atoms with Gasteiger partial charge in [0.05, 0.1) is 11.1 Å². The molecule has 0 bridgehead atoms. The monoisotopic (exact) mass is 969 g/mol. The van der Waals surface area contributed by atoms with E-state index in [0.29, 0.717) is 0 Å². The van der Waals surface area contributed by atoms with Crippen LogP contribution in [0, 0.1) is 0 Å². The Morgan fingerprint density at radius 1 is 0.276 bits per heavy atom. The lowest BCUT2D eigenvalue weighted by Crippen LogP contribution is -2.28. The van der Waals surface area contributed by atoms with Crippen molar-refractivity contribution >= 4 is 60.9 Å². The zero-order valence-corrected chi connectivity index (χ0v) is 41.4. The molecule has 0 spiro atoms. The predicted octanol–water partition coefficient (Wildman–Crippen LogP) is 20.0. The van der Waals surface area contributed by atoms with Crippen molar-refractivity contribution in [3.05, 3.63) is 307 Å². The van der Waals surface area contributed by atoms with Crippen LogP contribution in [-0.4, -0.2) is 0 Å². The minimum absolute atomic E-state index is 0.536. The van der Waals surface area contributed by atoms with Gasteiger partial charge < -0.3 is 13.7 Å². The topological polar surface area (TPSA) is 29.5 Å². The maximum Gasteiger partial charge on any atom is 0.143 e. The second kappa shape index (κ2) is 17.6. The Kier molecular flexibility index (Phi) is 10.1. The fourth-order valence-electron chi connectivity index (χ4n) is 12.3. The fraction of sp³-hybridized carbons (Fsp3) is 0.0137. The summed E-state index contributed by atoms with van der Waals surface area (Å²) in [6, 6.07) is 103. The van der Waals surface area contributed by atoms with Gasteiger partial charge in [-0.1, -0.05) is 224 Å². The Balaban J connectivity index is 0.845. The van der Waals surface area contributed by atoms with Gasteiger partial charge in [0, 0.05) is 44.0 Å². The van der Waals surface area contributed by atoms with E-state index in [4.69, 9.17) is 8.83 Å². The molecule has 0 unspecified atom stereocenters. The van der Waals surface area contributed by atoms with Gasteiger partial charge in [-0.05, 0) is 127 Å². The lowest BCUT2D eigenvalue weighted by molar-refractivity contribution is 0.669. The largest absolute Gasteiger partial charge is 0.456 e. The molecular formula is C73H47NO2. The molecule has 3 nitrogen and oxygen atoms in total. The molecule has 3 heteroatoms. The molecule has 2 aromatic heterocycles. The number of benzene rings is 12. The van der Waals surface area contributed by atoms with Crippen molar-refractivity contribution in [2.75, 3.05) is 4.90 Å². The average Bonchev–Trinajstić information content (AvgIpc) is 4.22. The first-order chi connectivity index (χ1) is 37.7. The van der Waals surface area contributed by atoms with Gasteiger partial charge in [-0.15, -0.1) is 0 Å². The molecule has 0 atom stereocenters. The highest BCUT2D eigenvalue weighted by Gasteiger charge is 2.47. The van der Waals surface area contributed by atoms with E-state index in [1.165, 1.54) is 33.4 Å². The number of furan rings is 2. The Bertz CT molecular complexity index is 4450. The molecule has 0 amide bonds. The SMILES string of the molecule is c1ccc(C2(c3ccccc3)c3ccccc3-c3c(N(c4ccc(-c5ccc(-c6cccc7c6oc6ccccc67)cc5)cc4)c4ccc(-c5cccc(-c6ccc7oc8ccccc8c7c6)c5)cc4)cccc32)cc1. The van der Waals surface area contributed by atoms with E-state index in [2.05, 4.69) is 266 Å². The number of fused-ring (bicyclic) bond motifs is 9. The van der Waals surface area contributed by atoms with E-state index in [1.807, 2.05) is 24.3 Å². The molecule has 0 radical (unpaired) electrons. The van der Waals surface area contributed by atoms with Gasteiger partial charge in [0.15, 0.2) is 0 Å². The molecule has 0 saturated heterocycles. The molecular weight excluding hydrogens is 923 g/mol. The molecule has 0 fully saturated rings. The summed E-state index contributed by atoms with van der Waals surface area (Å²) in [5, 5.41) is 4.53. The normalized spacial score (nSPS) is 12.6. The molecule has 2 heterocycles. The second-order valence-corrected chi connectivity index (χ2v) is 19.9. The first kappa shape index (κ1) is 43.6. The van der Waals surface area contributed by atoms with Crippen LogP contribution in [0.1, 0.15) is 22.3 Å². The Hall–Kier alpha value is -9.96. The Morgan fingerprint density at radius 3 is 1.43 bits per heavy atom. The number of para-hydroxylation sites is 3. The van der Waals surface area contributed by atoms with Crippen molar-refractivity contribution in [3.8, 4) is 55.6 Å². The highest BCUT2D eigenvalue weighted by Crippen LogP contribution is 2.59. The number of rotatable bonds is 9. The molecule has 0 saturated carbocycles. The van der Waals surface area contributed by atoms with E-state index >= 15 is 0 Å². The third-order valence-electron chi connectivity index (χ3n) is 15.8. The summed E-state index contributed by atoms with van der Waals surface area (Å²) in [5.41, 5.74) is 22.9. The van der Waals surface area contributed by atoms with Crippen LogP contribution in [0.15, 0.2) is 294 Å². The fourth-order valence-corrected chi connectivity index (χ4v) is 12.3. The zero-order valence-electron chi connectivity index (χ0n) is 41.4.